The van der Waals surface area contributed by atoms with Gasteiger partial charge in [-0.1, -0.05) is 72.4 Å². The molecule has 1 saturated heterocycles. The molecule has 0 aliphatic carbocycles. The zero-order chi connectivity index (χ0) is 18.1. The third-order valence-corrected chi connectivity index (χ3v) is 6.31. The van der Waals surface area contributed by atoms with Crippen LogP contribution < -0.4 is 0 Å². The van der Waals surface area contributed by atoms with Crippen molar-refractivity contribution >= 4 is 46.4 Å². The van der Waals surface area contributed by atoms with Gasteiger partial charge in [-0.25, -0.2) is 0 Å². The Morgan fingerprint density at radius 3 is 1.44 bits per heavy atom. The second-order valence-electron chi connectivity index (χ2n) is 6.19. The molecule has 2 aromatic carbocycles. The van der Waals surface area contributed by atoms with E-state index in [1.807, 2.05) is 24.3 Å². The normalized spacial score (nSPS) is 21.8. The number of nitrogens with zero attached hydrogens (tertiary/aromatic N) is 2. The van der Waals surface area contributed by atoms with Crippen molar-refractivity contribution in [3.05, 3.63) is 67.6 Å². The Labute approximate surface area is 169 Å². The van der Waals surface area contributed by atoms with Gasteiger partial charge in [0.2, 0.25) is 0 Å². The summed E-state index contributed by atoms with van der Waals surface area (Å²) in [5.74, 6) is 0. The van der Waals surface area contributed by atoms with Gasteiger partial charge in [-0.2, -0.15) is 0 Å². The molecule has 1 aliphatic heterocycles. The monoisotopic (exact) mass is 416 g/mol. The van der Waals surface area contributed by atoms with Gasteiger partial charge in [0.05, 0.1) is 38.8 Å². The summed E-state index contributed by atoms with van der Waals surface area (Å²) in [6.45, 7) is 7.13. The lowest BCUT2D eigenvalue weighted by molar-refractivity contribution is 0.232. The summed E-state index contributed by atoms with van der Waals surface area (Å²) < 4.78 is 0. The fraction of sp³-hybridized carbons (Fsp3) is 0.368. The molecule has 2 nitrogen and oxygen atoms in total. The van der Waals surface area contributed by atoms with Crippen molar-refractivity contribution in [1.29, 1.82) is 0 Å². The second-order valence-corrected chi connectivity index (χ2v) is 7.82. The van der Waals surface area contributed by atoms with E-state index in [-0.39, 0.29) is 12.1 Å². The number of likely N-dealkylation sites (N-methyl/N-ethyl adjacent to an activating group) is 2. The van der Waals surface area contributed by atoms with Crippen LogP contribution in [0.25, 0.3) is 0 Å². The molecule has 0 N–H and O–H groups in total. The van der Waals surface area contributed by atoms with Crippen LogP contribution in [0.2, 0.25) is 20.1 Å². The Morgan fingerprint density at radius 2 is 1.12 bits per heavy atom. The van der Waals surface area contributed by atoms with E-state index in [1.54, 1.807) is 0 Å². The summed E-state index contributed by atoms with van der Waals surface area (Å²) >= 11 is 24.8. The summed E-state index contributed by atoms with van der Waals surface area (Å²) in [5, 5.41) is 2.31. The average molecular weight is 418 g/mol. The van der Waals surface area contributed by atoms with Crippen LogP contribution in [-0.2, 0) is 0 Å². The van der Waals surface area contributed by atoms with Gasteiger partial charge < -0.3 is 0 Å². The number of hydrogen-bond donors (Lipinski definition) is 0. The lowest BCUT2D eigenvalue weighted by Gasteiger charge is -2.29. The van der Waals surface area contributed by atoms with Crippen LogP contribution in [0.3, 0.4) is 0 Å². The van der Waals surface area contributed by atoms with Crippen LogP contribution in [0, 0.1) is 0 Å². The van der Waals surface area contributed by atoms with Crippen LogP contribution in [0.4, 0.5) is 0 Å². The Morgan fingerprint density at radius 1 is 0.720 bits per heavy atom. The van der Waals surface area contributed by atoms with Crippen LogP contribution >= 0.6 is 46.4 Å². The molecule has 25 heavy (non-hydrogen) atoms. The molecule has 0 spiro atoms. The van der Waals surface area contributed by atoms with Crippen molar-refractivity contribution in [2.24, 2.45) is 0 Å². The van der Waals surface area contributed by atoms with E-state index in [9.17, 15) is 0 Å². The highest BCUT2D eigenvalue weighted by Gasteiger charge is 2.40. The first-order valence-corrected chi connectivity index (χ1v) is 9.85. The molecule has 134 valence electrons. The summed E-state index contributed by atoms with van der Waals surface area (Å²) in [6.07, 6.45) is 0. The smallest absolute Gasteiger partial charge is 0.0595 e. The van der Waals surface area contributed by atoms with E-state index in [4.69, 9.17) is 46.4 Å². The van der Waals surface area contributed by atoms with Crippen molar-refractivity contribution < 1.29 is 0 Å². The highest BCUT2D eigenvalue weighted by molar-refractivity contribution is 6.42. The largest absolute Gasteiger partial charge is 0.282 e. The molecular formula is C19H20Cl4N2. The fourth-order valence-electron chi connectivity index (χ4n) is 3.58. The van der Waals surface area contributed by atoms with Crippen LogP contribution in [0.15, 0.2) is 36.4 Å². The standard InChI is InChI=1S/C19H20Cl4N2/c1-3-24-11-25(4-2)19(13-6-8-15(21)17(23)10-13)18(24)12-5-7-14(20)16(22)9-12/h5-10,18-19H,3-4,11H2,1-2H3/t18-,19-/m1/s1. The molecule has 0 radical (unpaired) electrons. The molecule has 0 aromatic heterocycles. The maximum atomic E-state index is 6.29. The molecular weight excluding hydrogens is 398 g/mol. The third-order valence-electron chi connectivity index (χ3n) is 4.83. The Balaban J connectivity index is 2.09. The van der Waals surface area contributed by atoms with E-state index in [0.717, 1.165) is 30.9 Å². The first-order valence-electron chi connectivity index (χ1n) is 8.34. The summed E-state index contributed by atoms with van der Waals surface area (Å²) in [4.78, 5) is 4.88. The van der Waals surface area contributed by atoms with E-state index in [0.29, 0.717) is 20.1 Å². The average Bonchev–Trinajstić information content (AvgIpc) is 2.98. The predicted molar refractivity (Wildman–Crippen MR) is 108 cm³/mol. The van der Waals surface area contributed by atoms with E-state index >= 15 is 0 Å². The van der Waals surface area contributed by atoms with Crippen molar-refractivity contribution in [2.75, 3.05) is 19.8 Å². The van der Waals surface area contributed by atoms with Crippen LogP contribution in [0.5, 0.6) is 0 Å². The molecule has 3 rings (SSSR count). The molecule has 0 amide bonds. The zero-order valence-corrected chi connectivity index (χ0v) is 17.2. The Kier molecular flexibility index (Phi) is 6.20. The van der Waals surface area contributed by atoms with Gasteiger partial charge in [0.1, 0.15) is 0 Å². The van der Waals surface area contributed by atoms with Gasteiger partial charge in [-0.3, -0.25) is 9.80 Å². The van der Waals surface area contributed by atoms with E-state index in [1.165, 1.54) is 0 Å². The minimum atomic E-state index is 0.178. The molecule has 0 unspecified atom stereocenters. The summed E-state index contributed by atoms with van der Waals surface area (Å²) in [7, 11) is 0. The summed E-state index contributed by atoms with van der Waals surface area (Å²) in [6, 6.07) is 12.2. The number of rotatable bonds is 4. The van der Waals surface area contributed by atoms with E-state index in [2.05, 4.69) is 35.8 Å². The van der Waals surface area contributed by atoms with Gasteiger partial charge in [-0.15, -0.1) is 0 Å². The van der Waals surface area contributed by atoms with Gasteiger partial charge in [0, 0.05) is 0 Å². The molecule has 0 saturated carbocycles. The highest BCUT2D eigenvalue weighted by atomic mass is 35.5. The molecule has 2 aromatic rings. The quantitative estimate of drug-likeness (QED) is 0.546. The van der Waals surface area contributed by atoms with Crippen molar-refractivity contribution in [2.45, 2.75) is 25.9 Å². The van der Waals surface area contributed by atoms with E-state index < -0.39 is 0 Å². The molecule has 1 aliphatic rings. The molecule has 2 atom stereocenters. The minimum absolute atomic E-state index is 0.178. The first kappa shape index (κ1) is 19.3. The summed E-state index contributed by atoms with van der Waals surface area (Å²) in [5.41, 5.74) is 2.31. The lowest BCUT2D eigenvalue weighted by Crippen LogP contribution is -2.26. The van der Waals surface area contributed by atoms with Gasteiger partial charge in [0.25, 0.3) is 0 Å². The third kappa shape index (κ3) is 3.80. The molecule has 1 fully saturated rings. The molecule has 0 bridgehead atoms. The second kappa shape index (κ2) is 8.04. The molecule has 1 heterocycles. The van der Waals surface area contributed by atoms with Crippen molar-refractivity contribution in [1.82, 2.24) is 9.80 Å². The maximum absolute atomic E-state index is 6.29. The van der Waals surface area contributed by atoms with Crippen molar-refractivity contribution in [3.8, 4) is 0 Å². The zero-order valence-electron chi connectivity index (χ0n) is 14.1. The minimum Gasteiger partial charge on any atom is -0.282 e. The lowest BCUT2D eigenvalue weighted by atomic mass is 9.93. The topological polar surface area (TPSA) is 6.48 Å². The highest BCUT2D eigenvalue weighted by Crippen LogP contribution is 2.45. The number of halogens is 4. The predicted octanol–water partition coefficient (Wildman–Crippen LogP) is 6.70. The van der Waals surface area contributed by atoms with Gasteiger partial charge in [0.15, 0.2) is 0 Å². The van der Waals surface area contributed by atoms with Crippen LogP contribution in [-0.4, -0.2) is 29.6 Å². The molecule has 6 heteroatoms. The Hall–Kier alpha value is -0.480. The number of benzene rings is 2. The van der Waals surface area contributed by atoms with Crippen LogP contribution in [0.1, 0.15) is 37.1 Å². The fourth-order valence-corrected chi connectivity index (χ4v) is 4.19. The maximum Gasteiger partial charge on any atom is 0.0595 e. The van der Waals surface area contributed by atoms with Gasteiger partial charge >= 0.3 is 0 Å². The SMILES string of the molecule is CCN1CN(CC)[C@H](c2ccc(Cl)c(Cl)c2)[C@H]1c1ccc(Cl)c(Cl)c1. The number of hydrogen-bond acceptors (Lipinski definition) is 2. The van der Waals surface area contributed by atoms with Crippen molar-refractivity contribution in [3.63, 3.8) is 0 Å². The first-order chi connectivity index (χ1) is 12.0. The van der Waals surface area contributed by atoms with Gasteiger partial charge in [-0.05, 0) is 48.5 Å². The Bertz CT molecular complexity index is 702.